The molecule has 0 aliphatic heterocycles. The lowest BCUT2D eigenvalue weighted by atomic mass is 9.96. The van der Waals surface area contributed by atoms with E-state index in [4.69, 9.17) is 12.2 Å². The van der Waals surface area contributed by atoms with Crippen molar-refractivity contribution in [2.45, 2.75) is 12.8 Å². The molecule has 0 radical (unpaired) electrons. The summed E-state index contributed by atoms with van der Waals surface area (Å²) in [5, 5.41) is 7.26. The van der Waals surface area contributed by atoms with Crippen LogP contribution >= 0.6 is 12.2 Å². The predicted molar refractivity (Wildman–Crippen MR) is 108 cm³/mol. The van der Waals surface area contributed by atoms with E-state index in [1.807, 2.05) is 84.3 Å². The normalized spacial score (nSPS) is 12.1. The molecule has 27 heavy (non-hydrogen) atoms. The molecule has 5 heteroatoms. The Labute approximate surface area is 162 Å². The third kappa shape index (κ3) is 3.34. The standard InChI is InChI=1S/C22H18FN3S/c1-15(21-24-25-22(27)26(21)18-10-6-3-7-11-18)17-12-13-19(20(23)14-17)16-8-4-2-5-9-16/h2-15H,1H3,(H,25,27)/t15-/m0/s1. The molecule has 0 saturated carbocycles. The average Bonchev–Trinajstić information content (AvgIpc) is 3.10. The maximum Gasteiger partial charge on any atom is 0.199 e. The Balaban J connectivity index is 1.74. The van der Waals surface area contributed by atoms with Crippen molar-refractivity contribution in [1.29, 1.82) is 0 Å². The van der Waals surface area contributed by atoms with E-state index in [9.17, 15) is 4.39 Å². The van der Waals surface area contributed by atoms with Crippen molar-refractivity contribution in [1.82, 2.24) is 14.8 Å². The molecular formula is C22H18FN3S. The van der Waals surface area contributed by atoms with E-state index in [0.717, 1.165) is 22.6 Å². The van der Waals surface area contributed by atoms with Crippen molar-refractivity contribution in [3.05, 3.63) is 101 Å². The van der Waals surface area contributed by atoms with Crippen LogP contribution in [0.5, 0.6) is 0 Å². The molecule has 0 aliphatic carbocycles. The Morgan fingerprint density at radius 3 is 2.30 bits per heavy atom. The molecule has 134 valence electrons. The van der Waals surface area contributed by atoms with E-state index < -0.39 is 0 Å². The highest BCUT2D eigenvalue weighted by molar-refractivity contribution is 7.71. The van der Waals surface area contributed by atoms with Crippen LogP contribution in [0.2, 0.25) is 0 Å². The van der Waals surface area contributed by atoms with E-state index in [-0.39, 0.29) is 11.7 Å². The molecule has 0 amide bonds. The highest BCUT2D eigenvalue weighted by Crippen LogP contribution is 2.29. The number of benzene rings is 3. The van der Waals surface area contributed by atoms with E-state index in [1.54, 1.807) is 6.07 Å². The van der Waals surface area contributed by atoms with Crippen LogP contribution in [0.15, 0.2) is 78.9 Å². The Bertz CT molecular complexity index is 1120. The zero-order valence-corrected chi connectivity index (χ0v) is 15.6. The molecule has 0 spiro atoms. The number of hydrogen-bond donors (Lipinski definition) is 1. The highest BCUT2D eigenvalue weighted by atomic mass is 32.1. The summed E-state index contributed by atoms with van der Waals surface area (Å²) < 4.78 is 17.2. The minimum atomic E-state index is -0.244. The Kier molecular flexibility index (Phi) is 4.69. The first-order valence-electron chi connectivity index (χ1n) is 8.73. The van der Waals surface area contributed by atoms with Crippen LogP contribution < -0.4 is 0 Å². The Morgan fingerprint density at radius 2 is 1.63 bits per heavy atom. The van der Waals surface area contributed by atoms with Crippen LogP contribution in [-0.4, -0.2) is 14.8 Å². The van der Waals surface area contributed by atoms with Crippen LogP contribution in [0, 0.1) is 10.6 Å². The molecule has 1 heterocycles. The Morgan fingerprint density at radius 1 is 0.963 bits per heavy atom. The molecule has 0 fully saturated rings. The van der Waals surface area contributed by atoms with E-state index in [0.29, 0.717) is 10.3 Å². The van der Waals surface area contributed by atoms with Gasteiger partial charge in [-0.25, -0.2) is 4.39 Å². The third-order valence-corrected chi connectivity index (χ3v) is 4.95. The van der Waals surface area contributed by atoms with Gasteiger partial charge in [0.1, 0.15) is 11.6 Å². The lowest BCUT2D eigenvalue weighted by molar-refractivity contribution is 0.626. The molecule has 0 aliphatic rings. The van der Waals surface area contributed by atoms with Crippen LogP contribution in [0.25, 0.3) is 16.8 Å². The second-order valence-corrected chi connectivity index (χ2v) is 6.77. The van der Waals surface area contributed by atoms with Gasteiger partial charge in [0.2, 0.25) is 0 Å². The molecule has 4 aromatic rings. The zero-order valence-electron chi connectivity index (χ0n) is 14.8. The molecule has 1 N–H and O–H groups in total. The minimum Gasteiger partial charge on any atom is -0.272 e. The summed E-state index contributed by atoms with van der Waals surface area (Å²) in [4.78, 5) is 0. The second-order valence-electron chi connectivity index (χ2n) is 6.38. The number of nitrogens with zero attached hydrogens (tertiary/aromatic N) is 2. The van der Waals surface area contributed by atoms with Gasteiger partial charge in [0, 0.05) is 17.2 Å². The molecule has 0 bridgehead atoms. The highest BCUT2D eigenvalue weighted by Gasteiger charge is 2.19. The van der Waals surface area contributed by atoms with Crippen molar-refractivity contribution >= 4 is 12.2 Å². The number of aromatic nitrogens is 3. The number of halogens is 1. The molecule has 0 saturated heterocycles. The fraction of sp³-hybridized carbons (Fsp3) is 0.0909. The van der Waals surface area contributed by atoms with Crippen LogP contribution in [0.3, 0.4) is 0 Å². The van der Waals surface area contributed by atoms with E-state index in [1.165, 1.54) is 0 Å². The van der Waals surface area contributed by atoms with Crippen LogP contribution in [0.1, 0.15) is 24.2 Å². The van der Waals surface area contributed by atoms with Crippen molar-refractivity contribution in [3.63, 3.8) is 0 Å². The molecule has 3 aromatic carbocycles. The van der Waals surface area contributed by atoms with Gasteiger partial charge in [-0.15, -0.1) is 0 Å². The quantitative estimate of drug-likeness (QED) is 0.451. The van der Waals surface area contributed by atoms with Gasteiger partial charge in [0.05, 0.1) is 0 Å². The van der Waals surface area contributed by atoms with Crippen molar-refractivity contribution in [3.8, 4) is 16.8 Å². The molecule has 1 aromatic heterocycles. The van der Waals surface area contributed by atoms with Crippen molar-refractivity contribution < 1.29 is 4.39 Å². The summed E-state index contributed by atoms with van der Waals surface area (Å²) >= 11 is 5.41. The number of para-hydroxylation sites is 1. The second kappa shape index (κ2) is 7.29. The van der Waals surface area contributed by atoms with Gasteiger partial charge in [-0.1, -0.05) is 67.6 Å². The van der Waals surface area contributed by atoms with Gasteiger partial charge in [-0.2, -0.15) is 5.10 Å². The molecule has 0 unspecified atom stereocenters. The summed E-state index contributed by atoms with van der Waals surface area (Å²) in [6.07, 6.45) is 0. The molecule has 4 rings (SSSR count). The summed E-state index contributed by atoms with van der Waals surface area (Å²) in [6.45, 7) is 2.00. The number of aromatic amines is 1. The Hall–Kier alpha value is -3.05. The lowest BCUT2D eigenvalue weighted by Gasteiger charge is -2.15. The SMILES string of the molecule is C[C@@H](c1ccc(-c2ccccc2)c(F)c1)c1n[nH]c(=S)n1-c1ccccc1. The summed E-state index contributed by atoms with van der Waals surface area (Å²) in [6, 6.07) is 24.7. The van der Waals surface area contributed by atoms with Gasteiger partial charge < -0.3 is 0 Å². The predicted octanol–water partition coefficient (Wildman–Crippen LogP) is 5.89. The zero-order chi connectivity index (χ0) is 18.8. The smallest absolute Gasteiger partial charge is 0.199 e. The number of hydrogen-bond acceptors (Lipinski definition) is 2. The fourth-order valence-corrected chi connectivity index (χ4v) is 3.47. The van der Waals surface area contributed by atoms with E-state index in [2.05, 4.69) is 10.2 Å². The first kappa shape index (κ1) is 17.4. The number of nitrogens with one attached hydrogen (secondary N) is 1. The van der Waals surface area contributed by atoms with Gasteiger partial charge in [-0.3, -0.25) is 9.67 Å². The molecular weight excluding hydrogens is 357 g/mol. The summed E-state index contributed by atoms with van der Waals surface area (Å²) in [7, 11) is 0. The van der Waals surface area contributed by atoms with Crippen molar-refractivity contribution in [2.24, 2.45) is 0 Å². The van der Waals surface area contributed by atoms with Gasteiger partial charge in [0.15, 0.2) is 4.77 Å². The maximum absolute atomic E-state index is 14.8. The minimum absolute atomic E-state index is 0.127. The van der Waals surface area contributed by atoms with Gasteiger partial charge in [0.25, 0.3) is 0 Å². The van der Waals surface area contributed by atoms with Crippen LogP contribution in [-0.2, 0) is 0 Å². The number of H-pyrrole nitrogens is 1. The van der Waals surface area contributed by atoms with Gasteiger partial charge in [-0.05, 0) is 41.5 Å². The van der Waals surface area contributed by atoms with E-state index >= 15 is 0 Å². The molecule has 1 atom stereocenters. The summed E-state index contributed by atoms with van der Waals surface area (Å²) in [5.74, 6) is 0.376. The molecule has 3 nitrogen and oxygen atoms in total. The first-order chi connectivity index (χ1) is 13.1. The number of rotatable bonds is 4. The first-order valence-corrected chi connectivity index (χ1v) is 9.13. The average molecular weight is 375 g/mol. The lowest BCUT2D eigenvalue weighted by Crippen LogP contribution is -2.07. The monoisotopic (exact) mass is 375 g/mol. The van der Waals surface area contributed by atoms with Gasteiger partial charge >= 0.3 is 0 Å². The summed E-state index contributed by atoms with van der Waals surface area (Å²) in [5.41, 5.74) is 3.23. The van der Waals surface area contributed by atoms with Crippen molar-refractivity contribution in [2.75, 3.05) is 0 Å². The fourth-order valence-electron chi connectivity index (χ4n) is 3.23. The maximum atomic E-state index is 14.8. The topological polar surface area (TPSA) is 33.6 Å². The van der Waals surface area contributed by atoms with Crippen LogP contribution in [0.4, 0.5) is 4.39 Å². The third-order valence-electron chi connectivity index (χ3n) is 4.68. The largest absolute Gasteiger partial charge is 0.272 e.